The van der Waals surface area contributed by atoms with E-state index in [-0.39, 0.29) is 17.0 Å². The second-order valence-electron chi connectivity index (χ2n) is 3.38. The summed E-state index contributed by atoms with van der Waals surface area (Å²) in [5.41, 5.74) is 4.43. The summed E-state index contributed by atoms with van der Waals surface area (Å²) in [4.78, 5) is 11.1. The fourth-order valence-corrected chi connectivity index (χ4v) is 1.49. The van der Waals surface area contributed by atoms with Crippen molar-refractivity contribution in [3.63, 3.8) is 0 Å². The third kappa shape index (κ3) is 2.49. The zero-order valence-corrected chi connectivity index (χ0v) is 9.23. The number of aromatic nitrogens is 3. The van der Waals surface area contributed by atoms with Gasteiger partial charge in [0.05, 0.1) is 0 Å². The van der Waals surface area contributed by atoms with Crippen LogP contribution in [0, 0.1) is 5.82 Å². The summed E-state index contributed by atoms with van der Waals surface area (Å²) in [6.45, 7) is -3.22. The smallest absolute Gasteiger partial charge is 0.387 e. The monoisotopic (exact) mass is 272 g/mol. The molecule has 19 heavy (non-hydrogen) atoms. The Morgan fingerprint density at radius 2 is 2.11 bits per heavy atom. The maximum atomic E-state index is 13.5. The third-order valence-corrected chi connectivity index (χ3v) is 2.21. The Kier molecular flexibility index (Phi) is 3.36. The minimum atomic E-state index is -3.22. The summed E-state index contributed by atoms with van der Waals surface area (Å²) in [5.74, 6) is -2.68. The molecule has 9 heteroatoms. The van der Waals surface area contributed by atoms with Crippen molar-refractivity contribution < 1.29 is 22.7 Å². The molecular formula is C10H7F3N4O2. The van der Waals surface area contributed by atoms with E-state index in [1.807, 2.05) is 0 Å². The minimum Gasteiger partial charge on any atom is -0.431 e. The Labute approximate surface area is 104 Å². The topological polar surface area (TPSA) is 93.9 Å². The molecule has 1 heterocycles. The molecule has 3 N–H and O–H groups in total. The number of primary amides is 1. The van der Waals surface area contributed by atoms with E-state index in [9.17, 15) is 18.0 Å². The Hall–Kier alpha value is -2.58. The molecule has 100 valence electrons. The number of hydrogen-bond acceptors (Lipinski definition) is 4. The second-order valence-corrected chi connectivity index (χ2v) is 3.38. The second kappa shape index (κ2) is 4.96. The number of nitrogens with two attached hydrogens (primary N) is 1. The number of aromatic amines is 1. The van der Waals surface area contributed by atoms with Gasteiger partial charge in [0.1, 0.15) is 5.69 Å². The number of rotatable bonds is 4. The molecule has 0 saturated carbocycles. The van der Waals surface area contributed by atoms with Gasteiger partial charge in [0.2, 0.25) is 0 Å². The maximum Gasteiger partial charge on any atom is 0.387 e. The van der Waals surface area contributed by atoms with Crippen LogP contribution in [-0.2, 0) is 0 Å². The number of nitrogens with one attached hydrogen (secondary N) is 1. The average Bonchev–Trinajstić information content (AvgIpc) is 2.80. The minimum absolute atomic E-state index is 0.150. The number of amides is 1. The van der Waals surface area contributed by atoms with E-state index < -0.39 is 24.1 Å². The highest BCUT2D eigenvalue weighted by molar-refractivity contribution is 5.97. The first-order valence-electron chi connectivity index (χ1n) is 4.95. The first-order chi connectivity index (χ1) is 9.00. The Morgan fingerprint density at radius 1 is 1.37 bits per heavy atom. The lowest BCUT2D eigenvalue weighted by atomic mass is 10.1. The molecule has 0 aliphatic heterocycles. The Balaban J connectivity index is 2.58. The molecule has 2 aromatic rings. The van der Waals surface area contributed by atoms with Crippen LogP contribution in [0.25, 0.3) is 11.3 Å². The van der Waals surface area contributed by atoms with Crippen LogP contribution in [0.5, 0.6) is 5.75 Å². The van der Waals surface area contributed by atoms with Gasteiger partial charge in [-0.2, -0.15) is 24.2 Å². The predicted molar refractivity (Wildman–Crippen MR) is 56.9 cm³/mol. The SMILES string of the molecule is NC(=O)c1n[nH]nc1-c1cccc(F)c1OC(F)F. The number of halogens is 3. The number of benzene rings is 1. The van der Waals surface area contributed by atoms with Crippen LogP contribution in [0.1, 0.15) is 10.5 Å². The molecular weight excluding hydrogens is 265 g/mol. The van der Waals surface area contributed by atoms with Crippen LogP contribution in [0.4, 0.5) is 13.2 Å². The molecule has 0 bridgehead atoms. The summed E-state index contributed by atoms with van der Waals surface area (Å²) < 4.78 is 42.1. The molecule has 0 unspecified atom stereocenters. The van der Waals surface area contributed by atoms with Crippen molar-refractivity contribution in [3.8, 4) is 17.0 Å². The van der Waals surface area contributed by atoms with Crippen LogP contribution in [0.2, 0.25) is 0 Å². The van der Waals surface area contributed by atoms with Crippen molar-refractivity contribution >= 4 is 5.91 Å². The van der Waals surface area contributed by atoms with Crippen LogP contribution >= 0.6 is 0 Å². The Morgan fingerprint density at radius 3 is 2.74 bits per heavy atom. The number of nitrogens with zero attached hydrogens (tertiary/aromatic N) is 2. The highest BCUT2D eigenvalue weighted by atomic mass is 19.3. The average molecular weight is 272 g/mol. The highest BCUT2D eigenvalue weighted by Crippen LogP contribution is 2.33. The van der Waals surface area contributed by atoms with Gasteiger partial charge in [-0.25, -0.2) is 4.39 Å². The molecule has 0 radical (unpaired) electrons. The normalized spacial score (nSPS) is 10.7. The number of alkyl halides is 2. The molecule has 1 aromatic carbocycles. The summed E-state index contributed by atoms with van der Waals surface area (Å²) in [6.07, 6.45) is 0. The molecule has 1 aromatic heterocycles. The fourth-order valence-electron chi connectivity index (χ4n) is 1.49. The van der Waals surface area contributed by atoms with E-state index in [1.54, 1.807) is 0 Å². The zero-order valence-electron chi connectivity index (χ0n) is 9.23. The Bertz CT molecular complexity index is 615. The maximum absolute atomic E-state index is 13.5. The van der Waals surface area contributed by atoms with Gasteiger partial charge >= 0.3 is 6.61 Å². The molecule has 0 atom stereocenters. The molecule has 2 rings (SSSR count). The van der Waals surface area contributed by atoms with Crippen LogP contribution in [0.15, 0.2) is 18.2 Å². The van der Waals surface area contributed by atoms with E-state index in [1.165, 1.54) is 12.1 Å². The summed E-state index contributed by atoms with van der Waals surface area (Å²) in [5, 5.41) is 9.17. The lowest BCUT2D eigenvalue weighted by Gasteiger charge is -2.10. The van der Waals surface area contributed by atoms with Gasteiger partial charge < -0.3 is 10.5 Å². The van der Waals surface area contributed by atoms with E-state index in [4.69, 9.17) is 5.73 Å². The summed E-state index contributed by atoms with van der Waals surface area (Å²) in [6, 6.07) is 3.44. The number of para-hydroxylation sites is 1. The van der Waals surface area contributed by atoms with Crippen molar-refractivity contribution in [2.24, 2.45) is 5.73 Å². The van der Waals surface area contributed by atoms with Gasteiger partial charge in [-0.3, -0.25) is 4.79 Å². The standard InChI is InChI=1S/C10H7F3N4O2/c11-5-3-1-2-4(8(5)19-10(12)13)6-7(9(14)18)16-17-15-6/h1-3,10H,(H2,14,18)(H,15,16,17). The zero-order chi connectivity index (χ0) is 14.0. The lowest BCUT2D eigenvalue weighted by Crippen LogP contribution is -2.13. The number of carbonyl (C=O) groups is 1. The molecule has 0 saturated heterocycles. The first kappa shape index (κ1) is 12.9. The summed E-state index contributed by atoms with van der Waals surface area (Å²) in [7, 11) is 0. The first-order valence-corrected chi connectivity index (χ1v) is 4.95. The summed E-state index contributed by atoms with van der Waals surface area (Å²) >= 11 is 0. The van der Waals surface area contributed by atoms with E-state index >= 15 is 0 Å². The van der Waals surface area contributed by atoms with Gasteiger partial charge in [0, 0.05) is 5.56 Å². The number of H-pyrrole nitrogens is 1. The molecule has 0 fully saturated rings. The van der Waals surface area contributed by atoms with E-state index in [0.717, 1.165) is 6.07 Å². The van der Waals surface area contributed by atoms with Crippen molar-refractivity contribution in [2.75, 3.05) is 0 Å². The molecule has 0 aliphatic carbocycles. The molecule has 1 amide bonds. The largest absolute Gasteiger partial charge is 0.431 e. The fraction of sp³-hybridized carbons (Fsp3) is 0.100. The lowest BCUT2D eigenvalue weighted by molar-refractivity contribution is -0.0517. The van der Waals surface area contributed by atoms with Gasteiger partial charge in [-0.1, -0.05) is 6.07 Å². The van der Waals surface area contributed by atoms with Gasteiger partial charge in [-0.15, -0.1) is 0 Å². The van der Waals surface area contributed by atoms with Crippen molar-refractivity contribution in [1.29, 1.82) is 0 Å². The van der Waals surface area contributed by atoms with Crippen molar-refractivity contribution in [1.82, 2.24) is 15.4 Å². The van der Waals surface area contributed by atoms with Gasteiger partial charge in [0.25, 0.3) is 5.91 Å². The number of carbonyl (C=O) groups excluding carboxylic acids is 1. The van der Waals surface area contributed by atoms with Crippen molar-refractivity contribution in [2.45, 2.75) is 6.61 Å². The van der Waals surface area contributed by atoms with Crippen LogP contribution in [-0.4, -0.2) is 27.9 Å². The third-order valence-electron chi connectivity index (χ3n) is 2.21. The van der Waals surface area contributed by atoms with E-state index in [0.29, 0.717) is 0 Å². The van der Waals surface area contributed by atoms with Crippen molar-refractivity contribution in [3.05, 3.63) is 29.7 Å². The van der Waals surface area contributed by atoms with Gasteiger partial charge in [0.15, 0.2) is 17.3 Å². The highest BCUT2D eigenvalue weighted by Gasteiger charge is 2.22. The van der Waals surface area contributed by atoms with E-state index in [2.05, 4.69) is 20.1 Å². The number of ether oxygens (including phenoxy) is 1. The van der Waals surface area contributed by atoms with Crippen LogP contribution in [0.3, 0.4) is 0 Å². The quantitative estimate of drug-likeness (QED) is 0.877. The molecule has 0 spiro atoms. The number of hydrogen-bond donors (Lipinski definition) is 2. The van der Waals surface area contributed by atoms with Crippen LogP contribution < -0.4 is 10.5 Å². The molecule has 0 aliphatic rings. The predicted octanol–water partition coefficient (Wildman–Crippen LogP) is 1.31. The van der Waals surface area contributed by atoms with Gasteiger partial charge in [-0.05, 0) is 12.1 Å². The molecule has 6 nitrogen and oxygen atoms in total.